The highest BCUT2D eigenvalue weighted by Crippen LogP contribution is 2.21. The van der Waals surface area contributed by atoms with Crippen LogP contribution in [0.3, 0.4) is 0 Å². The molecule has 1 N–H and O–H groups in total. The van der Waals surface area contributed by atoms with E-state index >= 15 is 0 Å². The predicted molar refractivity (Wildman–Crippen MR) is 86.7 cm³/mol. The van der Waals surface area contributed by atoms with E-state index in [0.717, 1.165) is 18.4 Å². The van der Waals surface area contributed by atoms with Crippen LogP contribution in [0.25, 0.3) is 0 Å². The van der Waals surface area contributed by atoms with Crippen molar-refractivity contribution in [2.24, 2.45) is 11.8 Å². The zero-order valence-corrected chi connectivity index (χ0v) is 13.3. The molecule has 1 saturated heterocycles. The smallest absolute Gasteiger partial charge is 0.0208 e. The Morgan fingerprint density at radius 3 is 2.60 bits per heavy atom. The Morgan fingerprint density at radius 1 is 1.20 bits per heavy atom. The van der Waals surface area contributed by atoms with E-state index in [1.54, 1.807) is 0 Å². The summed E-state index contributed by atoms with van der Waals surface area (Å²) in [5, 5.41) is 3.76. The van der Waals surface area contributed by atoms with Crippen LogP contribution in [0.15, 0.2) is 30.3 Å². The second-order valence-electron chi connectivity index (χ2n) is 6.69. The third-order valence-electron chi connectivity index (χ3n) is 4.25. The molecule has 2 heteroatoms. The van der Waals surface area contributed by atoms with Gasteiger partial charge in [-0.1, -0.05) is 57.5 Å². The number of benzene rings is 1. The normalized spacial score (nSPS) is 24.2. The van der Waals surface area contributed by atoms with Gasteiger partial charge in [0.25, 0.3) is 0 Å². The molecular weight excluding hydrogens is 244 g/mol. The molecule has 0 saturated carbocycles. The van der Waals surface area contributed by atoms with Crippen molar-refractivity contribution < 1.29 is 0 Å². The quantitative estimate of drug-likeness (QED) is 0.853. The highest BCUT2D eigenvalue weighted by molar-refractivity contribution is 5.14. The van der Waals surface area contributed by atoms with Gasteiger partial charge in [0.1, 0.15) is 0 Å². The van der Waals surface area contributed by atoms with Crippen LogP contribution in [0.2, 0.25) is 0 Å². The van der Waals surface area contributed by atoms with Crippen LogP contribution in [0.4, 0.5) is 0 Å². The summed E-state index contributed by atoms with van der Waals surface area (Å²) in [7, 11) is 0. The van der Waals surface area contributed by atoms with Crippen LogP contribution in [0.5, 0.6) is 0 Å². The maximum absolute atomic E-state index is 3.76. The second kappa shape index (κ2) is 7.80. The zero-order valence-electron chi connectivity index (χ0n) is 13.3. The fraction of sp³-hybridized carbons (Fsp3) is 0.667. The summed E-state index contributed by atoms with van der Waals surface area (Å²) >= 11 is 0. The van der Waals surface area contributed by atoms with Crippen molar-refractivity contribution in [1.29, 1.82) is 0 Å². The summed E-state index contributed by atoms with van der Waals surface area (Å²) in [6.45, 7) is 11.7. The fourth-order valence-corrected chi connectivity index (χ4v) is 3.27. The lowest BCUT2D eigenvalue weighted by Gasteiger charge is -2.38. The molecule has 1 aromatic carbocycles. The molecule has 0 bridgehead atoms. The van der Waals surface area contributed by atoms with E-state index < -0.39 is 0 Å². The molecule has 2 nitrogen and oxygen atoms in total. The number of hydrogen-bond donors (Lipinski definition) is 1. The van der Waals surface area contributed by atoms with Gasteiger partial charge in [-0.15, -0.1) is 0 Å². The summed E-state index contributed by atoms with van der Waals surface area (Å²) < 4.78 is 0. The van der Waals surface area contributed by atoms with E-state index in [1.807, 2.05) is 0 Å². The van der Waals surface area contributed by atoms with Gasteiger partial charge in [0, 0.05) is 32.2 Å². The van der Waals surface area contributed by atoms with Gasteiger partial charge in [-0.3, -0.25) is 0 Å². The first kappa shape index (κ1) is 15.5. The molecule has 0 amide bonds. The van der Waals surface area contributed by atoms with Gasteiger partial charge in [0.2, 0.25) is 0 Å². The SMILES string of the molecule is CCC1CC(NCc2ccccc2)CN(CC(C)C)C1. The molecule has 0 aromatic heterocycles. The average molecular weight is 274 g/mol. The molecule has 1 aliphatic heterocycles. The zero-order chi connectivity index (χ0) is 14.4. The van der Waals surface area contributed by atoms with Crippen LogP contribution in [0, 0.1) is 11.8 Å². The van der Waals surface area contributed by atoms with Gasteiger partial charge in [-0.2, -0.15) is 0 Å². The van der Waals surface area contributed by atoms with E-state index in [2.05, 4.69) is 61.3 Å². The summed E-state index contributed by atoms with van der Waals surface area (Å²) in [6, 6.07) is 11.4. The Bertz CT molecular complexity index is 374. The van der Waals surface area contributed by atoms with Crippen LogP contribution >= 0.6 is 0 Å². The number of likely N-dealkylation sites (tertiary alicyclic amines) is 1. The first-order valence-electron chi connectivity index (χ1n) is 8.17. The van der Waals surface area contributed by atoms with Crippen molar-refractivity contribution in [2.75, 3.05) is 19.6 Å². The summed E-state index contributed by atoms with van der Waals surface area (Å²) in [6.07, 6.45) is 2.63. The standard InChI is InChI=1S/C18H30N2/c1-4-16-10-18(14-20(13-16)12-15(2)3)19-11-17-8-6-5-7-9-17/h5-9,15-16,18-19H,4,10-14H2,1-3H3. The number of nitrogens with one attached hydrogen (secondary N) is 1. The molecule has 1 heterocycles. The lowest BCUT2D eigenvalue weighted by atomic mass is 9.91. The minimum Gasteiger partial charge on any atom is -0.309 e. The largest absolute Gasteiger partial charge is 0.309 e. The Hall–Kier alpha value is -0.860. The van der Waals surface area contributed by atoms with Crippen LogP contribution in [0.1, 0.15) is 39.2 Å². The Labute approximate surface area is 124 Å². The Balaban J connectivity index is 1.86. The topological polar surface area (TPSA) is 15.3 Å². The number of hydrogen-bond acceptors (Lipinski definition) is 2. The predicted octanol–water partition coefficient (Wildman–Crippen LogP) is 3.53. The van der Waals surface area contributed by atoms with E-state index in [-0.39, 0.29) is 0 Å². The van der Waals surface area contributed by atoms with Gasteiger partial charge < -0.3 is 10.2 Å². The van der Waals surface area contributed by atoms with Crippen LogP contribution in [-0.4, -0.2) is 30.6 Å². The van der Waals surface area contributed by atoms with Crippen molar-refractivity contribution in [2.45, 2.75) is 46.2 Å². The maximum Gasteiger partial charge on any atom is 0.0208 e. The lowest BCUT2D eigenvalue weighted by molar-refractivity contribution is 0.125. The van der Waals surface area contributed by atoms with E-state index in [9.17, 15) is 0 Å². The van der Waals surface area contributed by atoms with Gasteiger partial charge in [0.05, 0.1) is 0 Å². The lowest BCUT2D eigenvalue weighted by Crippen LogP contribution is -2.49. The van der Waals surface area contributed by atoms with Gasteiger partial charge in [-0.05, 0) is 23.8 Å². The van der Waals surface area contributed by atoms with Gasteiger partial charge >= 0.3 is 0 Å². The Morgan fingerprint density at radius 2 is 1.95 bits per heavy atom. The highest BCUT2D eigenvalue weighted by Gasteiger charge is 2.26. The molecule has 0 spiro atoms. The van der Waals surface area contributed by atoms with Crippen molar-refractivity contribution in [3.8, 4) is 0 Å². The third kappa shape index (κ3) is 4.92. The van der Waals surface area contributed by atoms with Crippen LogP contribution < -0.4 is 5.32 Å². The molecule has 1 aromatic rings. The number of nitrogens with zero attached hydrogens (tertiary/aromatic N) is 1. The molecule has 0 aliphatic carbocycles. The maximum atomic E-state index is 3.76. The monoisotopic (exact) mass is 274 g/mol. The minimum absolute atomic E-state index is 0.646. The van der Waals surface area contributed by atoms with Gasteiger partial charge in [-0.25, -0.2) is 0 Å². The molecule has 112 valence electrons. The van der Waals surface area contributed by atoms with Crippen molar-refractivity contribution in [1.82, 2.24) is 10.2 Å². The fourth-order valence-electron chi connectivity index (χ4n) is 3.27. The first-order valence-corrected chi connectivity index (χ1v) is 8.17. The van der Waals surface area contributed by atoms with E-state index in [1.165, 1.54) is 38.0 Å². The third-order valence-corrected chi connectivity index (χ3v) is 4.25. The average Bonchev–Trinajstić information content (AvgIpc) is 2.45. The molecule has 1 fully saturated rings. The number of piperidine rings is 1. The molecule has 2 rings (SSSR count). The van der Waals surface area contributed by atoms with Crippen molar-refractivity contribution >= 4 is 0 Å². The number of rotatable bonds is 6. The van der Waals surface area contributed by atoms with Crippen molar-refractivity contribution in [3.05, 3.63) is 35.9 Å². The first-order chi connectivity index (χ1) is 9.67. The molecule has 2 atom stereocenters. The molecule has 2 unspecified atom stereocenters. The van der Waals surface area contributed by atoms with Crippen molar-refractivity contribution in [3.63, 3.8) is 0 Å². The molecule has 20 heavy (non-hydrogen) atoms. The molecular formula is C18H30N2. The second-order valence-corrected chi connectivity index (χ2v) is 6.69. The molecule has 0 radical (unpaired) electrons. The summed E-state index contributed by atoms with van der Waals surface area (Å²) in [4.78, 5) is 2.66. The van der Waals surface area contributed by atoms with Gasteiger partial charge in [0.15, 0.2) is 0 Å². The minimum atomic E-state index is 0.646. The Kier molecular flexibility index (Phi) is 6.06. The van der Waals surface area contributed by atoms with E-state index in [0.29, 0.717) is 6.04 Å². The van der Waals surface area contributed by atoms with E-state index in [4.69, 9.17) is 0 Å². The summed E-state index contributed by atoms with van der Waals surface area (Å²) in [5.41, 5.74) is 1.39. The molecule has 1 aliphatic rings. The summed E-state index contributed by atoms with van der Waals surface area (Å²) in [5.74, 6) is 1.62. The highest BCUT2D eigenvalue weighted by atomic mass is 15.2. The van der Waals surface area contributed by atoms with Crippen LogP contribution in [-0.2, 0) is 6.54 Å².